The van der Waals surface area contributed by atoms with Crippen LogP contribution < -0.4 is 0 Å². The second kappa shape index (κ2) is 8.12. The SMILES string of the molecule is CC(C)C(O)C(=O)N(C)C1CCC2C(=CCC3C2CCC24C3CCC2C(C)N(C)[C@H]4C)C1. The standard InChI is InChI=1S/C28H46N2O2/c1-16(2)26(31)27(32)30(6)20-8-10-21-19(15-20)7-9-23-22(21)13-14-28-18(4)29(5)17(3)24(28)11-12-25(23)28/h7,16-18,20-26,31H,8-15H2,1-6H3/t17?,18-,20?,21?,22?,23?,24?,25?,26?,28?/m0/s1. The Morgan fingerprint density at radius 1 is 1.12 bits per heavy atom. The smallest absolute Gasteiger partial charge is 0.251 e. The van der Waals surface area contributed by atoms with Gasteiger partial charge in [-0.05, 0) is 113 Å². The molecule has 32 heavy (non-hydrogen) atoms. The van der Waals surface area contributed by atoms with Crippen molar-refractivity contribution in [3.05, 3.63) is 11.6 Å². The van der Waals surface area contributed by atoms with Gasteiger partial charge in [0.2, 0.25) is 0 Å². The number of rotatable bonds is 3. The van der Waals surface area contributed by atoms with Crippen molar-refractivity contribution in [2.24, 2.45) is 40.9 Å². The molecular formula is C28H46N2O2. The van der Waals surface area contributed by atoms with Crippen LogP contribution in [0, 0.1) is 40.9 Å². The highest BCUT2D eigenvalue weighted by molar-refractivity contribution is 5.81. The molecule has 4 aliphatic carbocycles. The Labute approximate surface area is 195 Å². The predicted molar refractivity (Wildman–Crippen MR) is 129 cm³/mol. The number of carbonyl (C=O) groups is 1. The number of fused-ring (bicyclic) bond motifs is 4. The molecule has 4 fully saturated rings. The zero-order chi connectivity index (χ0) is 22.9. The summed E-state index contributed by atoms with van der Waals surface area (Å²) in [5, 5.41) is 10.3. The van der Waals surface area contributed by atoms with Crippen LogP contribution in [0.3, 0.4) is 0 Å². The molecule has 1 N–H and O–H groups in total. The fraction of sp³-hybridized carbons (Fsp3) is 0.893. The van der Waals surface area contributed by atoms with Crippen molar-refractivity contribution in [1.82, 2.24) is 9.80 Å². The van der Waals surface area contributed by atoms with Crippen molar-refractivity contribution in [1.29, 1.82) is 0 Å². The molecule has 180 valence electrons. The average Bonchev–Trinajstić information content (AvgIpc) is 3.27. The van der Waals surface area contributed by atoms with Gasteiger partial charge >= 0.3 is 0 Å². The van der Waals surface area contributed by atoms with E-state index in [1.165, 1.54) is 38.5 Å². The normalized spacial score (nSPS) is 46.7. The molecular weight excluding hydrogens is 396 g/mol. The van der Waals surface area contributed by atoms with E-state index in [-0.39, 0.29) is 17.9 Å². The van der Waals surface area contributed by atoms with E-state index in [4.69, 9.17) is 0 Å². The van der Waals surface area contributed by atoms with E-state index >= 15 is 0 Å². The number of hydrogen-bond donors (Lipinski definition) is 1. The van der Waals surface area contributed by atoms with Gasteiger partial charge in [-0.15, -0.1) is 0 Å². The number of hydrogen-bond acceptors (Lipinski definition) is 3. The Morgan fingerprint density at radius 3 is 2.56 bits per heavy atom. The Bertz CT molecular complexity index is 777. The molecule has 0 bridgehead atoms. The lowest BCUT2D eigenvalue weighted by molar-refractivity contribution is -0.143. The van der Waals surface area contributed by atoms with E-state index in [1.807, 2.05) is 25.8 Å². The summed E-state index contributed by atoms with van der Waals surface area (Å²) >= 11 is 0. The fourth-order valence-corrected chi connectivity index (χ4v) is 9.56. The van der Waals surface area contributed by atoms with Gasteiger partial charge in [0.25, 0.3) is 5.91 Å². The Morgan fingerprint density at radius 2 is 1.84 bits per heavy atom. The van der Waals surface area contributed by atoms with Crippen LogP contribution in [0.25, 0.3) is 0 Å². The topological polar surface area (TPSA) is 43.8 Å². The summed E-state index contributed by atoms with van der Waals surface area (Å²) in [6.07, 6.45) is 12.1. The molecule has 0 radical (unpaired) electrons. The van der Waals surface area contributed by atoms with E-state index in [9.17, 15) is 9.90 Å². The highest BCUT2D eigenvalue weighted by Crippen LogP contribution is 2.68. The molecule has 10 atom stereocenters. The number of aliphatic hydroxyl groups excluding tert-OH is 1. The van der Waals surface area contributed by atoms with Gasteiger partial charge in [0.05, 0.1) is 0 Å². The third kappa shape index (κ3) is 3.11. The van der Waals surface area contributed by atoms with Crippen LogP contribution in [0.5, 0.6) is 0 Å². The van der Waals surface area contributed by atoms with Gasteiger partial charge in [-0.1, -0.05) is 25.5 Å². The van der Waals surface area contributed by atoms with Crippen molar-refractivity contribution in [2.75, 3.05) is 14.1 Å². The molecule has 0 aromatic heterocycles. The van der Waals surface area contributed by atoms with Gasteiger partial charge in [0.1, 0.15) is 6.10 Å². The van der Waals surface area contributed by atoms with E-state index in [0.717, 1.165) is 54.5 Å². The largest absolute Gasteiger partial charge is 0.383 e. The molecule has 1 saturated heterocycles. The third-order valence-corrected chi connectivity index (χ3v) is 11.5. The lowest BCUT2D eigenvalue weighted by Crippen LogP contribution is -2.52. The van der Waals surface area contributed by atoms with E-state index in [2.05, 4.69) is 31.9 Å². The maximum Gasteiger partial charge on any atom is 0.251 e. The molecule has 0 aromatic carbocycles. The molecule has 1 spiro atoms. The molecule has 9 unspecified atom stereocenters. The van der Waals surface area contributed by atoms with E-state index in [0.29, 0.717) is 5.41 Å². The minimum absolute atomic E-state index is 0.0273. The molecule has 4 nitrogen and oxygen atoms in total. The van der Waals surface area contributed by atoms with Crippen LogP contribution in [0.4, 0.5) is 0 Å². The summed E-state index contributed by atoms with van der Waals surface area (Å²) in [5.41, 5.74) is 2.20. The third-order valence-electron chi connectivity index (χ3n) is 11.5. The number of carbonyl (C=O) groups excluding carboxylic acids is 1. The van der Waals surface area contributed by atoms with Crippen molar-refractivity contribution < 1.29 is 9.90 Å². The highest BCUT2D eigenvalue weighted by atomic mass is 16.3. The summed E-state index contributed by atoms with van der Waals surface area (Å²) in [4.78, 5) is 17.3. The molecule has 1 aliphatic heterocycles. The summed E-state index contributed by atoms with van der Waals surface area (Å²) in [7, 11) is 4.28. The molecule has 0 aromatic rings. The van der Waals surface area contributed by atoms with Crippen molar-refractivity contribution in [3.63, 3.8) is 0 Å². The summed E-state index contributed by atoms with van der Waals surface area (Å²) < 4.78 is 0. The van der Waals surface area contributed by atoms with E-state index in [1.54, 1.807) is 5.57 Å². The predicted octanol–water partition coefficient (Wildman–Crippen LogP) is 4.72. The fourth-order valence-electron chi connectivity index (χ4n) is 9.56. The first-order chi connectivity index (χ1) is 15.2. The monoisotopic (exact) mass is 442 g/mol. The molecule has 5 aliphatic rings. The van der Waals surface area contributed by atoms with Gasteiger partial charge in [-0.25, -0.2) is 0 Å². The first kappa shape index (κ1) is 22.9. The van der Waals surface area contributed by atoms with Gasteiger partial charge in [-0.2, -0.15) is 0 Å². The number of nitrogens with zero attached hydrogens (tertiary/aromatic N) is 2. The van der Waals surface area contributed by atoms with Crippen LogP contribution in [0.2, 0.25) is 0 Å². The maximum absolute atomic E-state index is 12.7. The van der Waals surface area contributed by atoms with E-state index < -0.39 is 6.10 Å². The van der Waals surface area contributed by atoms with Crippen LogP contribution in [-0.4, -0.2) is 59.1 Å². The number of allylic oxidation sites excluding steroid dienone is 1. The minimum Gasteiger partial charge on any atom is -0.383 e. The van der Waals surface area contributed by atoms with Gasteiger partial charge in [-0.3, -0.25) is 4.79 Å². The summed E-state index contributed by atoms with van der Waals surface area (Å²) in [6.45, 7) is 8.86. The number of likely N-dealkylation sites (tertiary alicyclic amines) is 1. The first-order valence-corrected chi connectivity index (χ1v) is 13.5. The molecule has 3 saturated carbocycles. The Balaban J connectivity index is 1.33. The lowest BCUT2D eigenvalue weighted by atomic mass is 9.50. The van der Waals surface area contributed by atoms with Crippen molar-refractivity contribution in [3.8, 4) is 0 Å². The quantitative estimate of drug-likeness (QED) is 0.643. The van der Waals surface area contributed by atoms with Crippen LogP contribution in [0.15, 0.2) is 11.6 Å². The zero-order valence-corrected chi connectivity index (χ0v) is 21.3. The number of amides is 1. The molecule has 1 amide bonds. The Hall–Kier alpha value is -0.870. The average molecular weight is 443 g/mol. The molecule has 4 heteroatoms. The van der Waals surface area contributed by atoms with Crippen LogP contribution in [0.1, 0.15) is 79.1 Å². The highest BCUT2D eigenvalue weighted by Gasteiger charge is 2.65. The summed E-state index contributed by atoms with van der Waals surface area (Å²) in [5.74, 6) is 4.18. The summed E-state index contributed by atoms with van der Waals surface area (Å²) in [6, 6.07) is 1.72. The minimum atomic E-state index is -0.874. The van der Waals surface area contributed by atoms with Crippen molar-refractivity contribution >= 4 is 5.91 Å². The number of aliphatic hydroxyl groups is 1. The van der Waals surface area contributed by atoms with Gasteiger partial charge in [0, 0.05) is 25.2 Å². The molecule has 5 rings (SSSR count). The van der Waals surface area contributed by atoms with Crippen LogP contribution in [-0.2, 0) is 4.79 Å². The lowest BCUT2D eigenvalue weighted by Gasteiger charge is -2.55. The molecule has 1 heterocycles. The zero-order valence-electron chi connectivity index (χ0n) is 21.3. The number of likely N-dealkylation sites (N-methyl/N-ethyl adjacent to an activating group) is 1. The van der Waals surface area contributed by atoms with Gasteiger partial charge in [0.15, 0.2) is 0 Å². The van der Waals surface area contributed by atoms with Gasteiger partial charge < -0.3 is 14.9 Å². The second-order valence-electron chi connectivity index (χ2n) is 12.5. The Kier molecular flexibility index (Phi) is 5.81. The second-order valence-corrected chi connectivity index (χ2v) is 12.5. The van der Waals surface area contributed by atoms with Crippen molar-refractivity contribution in [2.45, 2.75) is 103 Å². The maximum atomic E-state index is 12.7. The van der Waals surface area contributed by atoms with Crippen LogP contribution >= 0.6 is 0 Å². The first-order valence-electron chi connectivity index (χ1n) is 13.5.